The van der Waals surface area contributed by atoms with Crippen molar-refractivity contribution in [3.05, 3.63) is 77.1 Å². The number of carbonyl (C=O) groups is 2. The summed E-state index contributed by atoms with van der Waals surface area (Å²) in [6.07, 6.45) is 3.03. The second-order valence-electron chi connectivity index (χ2n) is 4.71. The van der Waals surface area contributed by atoms with Crippen LogP contribution in [-0.4, -0.2) is 18.9 Å². The van der Waals surface area contributed by atoms with E-state index in [0.29, 0.717) is 6.29 Å². The lowest BCUT2D eigenvalue weighted by molar-refractivity contribution is 0.112. The number of ether oxygens (including phenoxy) is 1. The van der Waals surface area contributed by atoms with Crippen LogP contribution in [0.5, 0.6) is 0 Å². The van der Waals surface area contributed by atoms with Crippen molar-refractivity contribution in [1.82, 2.24) is 5.32 Å². The number of aldehydes is 1. The number of benzene rings is 2. The van der Waals surface area contributed by atoms with E-state index >= 15 is 0 Å². The minimum Gasteiger partial charge on any atom is -0.445 e. The number of hydrogen-bond acceptors (Lipinski definition) is 3. The summed E-state index contributed by atoms with van der Waals surface area (Å²) in [5.41, 5.74) is 1.34. The molecule has 0 aliphatic rings. The lowest BCUT2D eigenvalue weighted by Gasteiger charge is -2.05. The smallest absolute Gasteiger partial charge is 0.407 e. The van der Waals surface area contributed by atoms with Gasteiger partial charge in [-0.1, -0.05) is 54.6 Å². The van der Waals surface area contributed by atoms with E-state index in [1.807, 2.05) is 30.3 Å². The minimum atomic E-state index is -0.567. The predicted octanol–water partition coefficient (Wildman–Crippen LogP) is 3.58. The summed E-state index contributed by atoms with van der Waals surface area (Å²) in [5, 5.41) is 2.52. The topological polar surface area (TPSA) is 55.4 Å². The van der Waals surface area contributed by atoms with Gasteiger partial charge < -0.3 is 10.1 Å². The highest BCUT2D eigenvalue weighted by Gasteiger charge is 2.04. The molecule has 118 valence electrons. The minimum absolute atomic E-state index is 0.167. The number of nitrogens with one attached hydrogen (secondary N) is 1. The zero-order valence-electron chi connectivity index (χ0n) is 12.4. The third-order valence-corrected chi connectivity index (χ3v) is 3.08. The monoisotopic (exact) mass is 313 g/mol. The summed E-state index contributed by atoms with van der Waals surface area (Å²) in [7, 11) is 0. The SMILES string of the molecule is O=Cc1cccc(F)c1C=CCNC(=O)OCc1ccccc1. The first kappa shape index (κ1) is 16.4. The van der Waals surface area contributed by atoms with Gasteiger partial charge in [0.2, 0.25) is 0 Å². The molecule has 0 aromatic heterocycles. The molecule has 0 heterocycles. The van der Waals surface area contributed by atoms with Crippen molar-refractivity contribution < 1.29 is 18.7 Å². The summed E-state index contributed by atoms with van der Waals surface area (Å²) in [6.45, 7) is 0.346. The molecule has 0 spiro atoms. The van der Waals surface area contributed by atoms with Gasteiger partial charge in [-0.2, -0.15) is 0 Å². The molecule has 1 amide bonds. The standard InChI is InChI=1S/C18H16FNO3/c19-17-10-4-8-15(12-21)16(17)9-5-11-20-18(22)23-13-14-6-2-1-3-7-14/h1-10,12H,11,13H2,(H,20,22). The first-order valence-corrected chi connectivity index (χ1v) is 7.05. The van der Waals surface area contributed by atoms with E-state index in [1.165, 1.54) is 24.3 Å². The van der Waals surface area contributed by atoms with Crippen molar-refractivity contribution in [3.8, 4) is 0 Å². The molecule has 2 aromatic carbocycles. The van der Waals surface area contributed by atoms with E-state index in [2.05, 4.69) is 5.32 Å². The fourth-order valence-electron chi connectivity index (χ4n) is 1.93. The Balaban J connectivity index is 1.80. The van der Waals surface area contributed by atoms with Gasteiger partial charge in [0.25, 0.3) is 0 Å². The van der Waals surface area contributed by atoms with E-state index in [-0.39, 0.29) is 24.3 Å². The largest absolute Gasteiger partial charge is 0.445 e. The number of halogens is 1. The fourth-order valence-corrected chi connectivity index (χ4v) is 1.93. The van der Waals surface area contributed by atoms with Crippen LogP contribution in [0, 0.1) is 5.82 Å². The molecular formula is C18H16FNO3. The van der Waals surface area contributed by atoms with Crippen molar-refractivity contribution in [2.75, 3.05) is 6.54 Å². The van der Waals surface area contributed by atoms with Crippen molar-refractivity contribution in [2.45, 2.75) is 6.61 Å². The van der Waals surface area contributed by atoms with Crippen LogP contribution in [-0.2, 0) is 11.3 Å². The van der Waals surface area contributed by atoms with Gasteiger partial charge in [0.05, 0.1) is 0 Å². The molecule has 2 rings (SSSR count). The average Bonchev–Trinajstić information content (AvgIpc) is 2.58. The fraction of sp³-hybridized carbons (Fsp3) is 0.111. The Kier molecular flexibility index (Phi) is 6.06. The van der Waals surface area contributed by atoms with E-state index in [4.69, 9.17) is 4.74 Å². The predicted molar refractivity (Wildman–Crippen MR) is 85.5 cm³/mol. The van der Waals surface area contributed by atoms with Crippen molar-refractivity contribution in [3.63, 3.8) is 0 Å². The highest BCUT2D eigenvalue weighted by Crippen LogP contribution is 2.13. The maximum Gasteiger partial charge on any atom is 0.407 e. The zero-order chi connectivity index (χ0) is 16.5. The highest BCUT2D eigenvalue weighted by atomic mass is 19.1. The Hall–Kier alpha value is -2.95. The molecule has 0 radical (unpaired) electrons. The van der Waals surface area contributed by atoms with E-state index in [0.717, 1.165) is 5.56 Å². The van der Waals surface area contributed by atoms with Crippen LogP contribution in [0.15, 0.2) is 54.6 Å². The first-order chi connectivity index (χ1) is 11.2. The van der Waals surface area contributed by atoms with Crippen molar-refractivity contribution in [2.24, 2.45) is 0 Å². The summed E-state index contributed by atoms with van der Waals surface area (Å²) in [4.78, 5) is 22.4. The normalized spacial score (nSPS) is 10.5. The van der Waals surface area contributed by atoms with Crippen molar-refractivity contribution in [1.29, 1.82) is 0 Å². The van der Waals surface area contributed by atoms with Gasteiger partial charge in [-0.05, 0) is 11.6 Å². The Bertz CT molecular complexity index is 699. The van der Waals surface area contributed by atoms with Gasteiger partial charge in [-0.15, -0.1) is 0 Å². The molecule has 0 unspecified atom stereocenters. The van der Waals surface area contributed by atoms with E-state index in [9.17, 15) is 14.0 Å². The quantitative estimate of drug-likeness (QED) is 0.829. The molecule has 4 nitrogen and oxygen atoms in total. The van der Waals surface area contributed by atoms with E-state index in [1.54, 1.807) is 6.08 Å². The summed E-state index contributed by atoms with van der Waals surface area (Å²) >= 11 is 0. The molecule has 0 aliphatic heterocycles. The molecular weight excluding hydrogens is 297 g/mol. The Morgan fingerprint density at radius 2 is 1.91 bits per heavy atom. The molecule has 0 atom stereocenters. The molecule has 0 saturated carbocycles. The number of amides is 1. The van der Waals surface area contributed by atoms with Crippen molar-refractivity contribution >= 4 is 18.5 Å². The molecule has 2 aromatic rings. The maximum atomic E-state index is 13.6. The molecule has 5 heteroatoms. The molecule has 23 heavy (non-hydrogen) atoms. The third kappa shape index (κ3) is 5.07. The lowest BCUT2D eigenvalue weighted by Crippen LogP contribution is -2.24. The summed E-state index contributed by atoms with van der Waals surface area (Å²) in [5.74, 6) is -0.488. The van der Waals surface area contributed by atoms with Crippen LogP contribution in [0.4, 0.5) is 9.18 Å². The van der Waals surface area contributed by atoms with Crippen LogP contribution < -0.4 is 5.32 Å². The molecule has 0 aliphatic carbocycles. The van der Waals surface area contributed by atoms with Crippen LogP contribution in [0.3, 0.4) is 0 Å². The second kappa shape index (κ2) is 8.48. The molecule has 0 bridgehead atoms. The molecule has 0 saturated heterocycles. The number of hydrogen-bond donors (Lipinski definition) is 1. The maximum absolute atomic E-state index is 13.6. The second-order valence-corrected chi connectivity index (χ2v) is 4.71. The average molecular weight is 313 g/mol. The van der Waals surface area contributed by atoms with E-state index < -0.39 is 11.9 Å². The molecule has 1 N–H and O–H groups in total. The van der Waals surface area contributed by atoms with Gasteiger partial charge in [0, 0.05) is 17.7 Å². The zero-order valence-corrected chi connectivity index (χ0v) is 12.4. The number of rotatable bonds is 6. The van der Waals surface area contributed by atoms with Crippen LogP contribution in [0.25, 0.3) is 6.08 Å². The van der Waals surface area contributed by atoms with Crippen LogP contribution >= 0.6 is 0 Å². The van der Waals surface area contributed by atoms with Gasteiger partial charge in [0.15, 0.2) is 6.29 Å². The first-order valence-electron chi connectivity index (χ1n) is 7.05. The molecule has 0 fully saturated rings. The highest BCUT2D eigenvalue weighted by molar-refractivity contribution is 5.82. The summed E-state index contributed by atoms with van der Waals surface area (Å²) in [6, 6.07) is 13.6. The Labute approximate surface area is 133 Å². The third-order valence-electron chi connectivity index (χ3n) is 3.08. The van der Waals surface area contributed by atoms with Gasteiger partial charge in [0.1, 0.15) is 12.4 Å². The van der Waals surface area contributed by atoms with Gasteiger partial charge >= 0.3 is 6.09 Å². The van der Waals surface area contributed by atoms with Gasteiger partial charge in [-0.3, -0.25) is 4.79 Å². The van der Waals surface area contributed by atoms with Gasteiger partial charge in [-0.25, -0.2) is 9.18 Å². The Morgan fingerprint density at radius 3 is 2.65 bits per heavy atom. The number of carbonyl (C=O) groups excluding carboxylic acids is 2. The van der Waals surface area contributed by atoms with Crippen LogP contribution in [0.2, 0.25) is 0 Å². The van der Waals surface area contributed by atoms with Crippen LogP contribution in [0.1, 0.15) is 21.5 Å². The lowest BCUT2D eigenvalue weighted by atomic mass is 10.1. The number of alkyl carbamates (subject to hydrolysis) is 1. The summed E-state index contributed by atoms with van der Waals surface area (Å²) < 4.78 is 18.6. The Morgan fingerprint density at radius 1 is 1.13 bits per heavy atom.